The van der Waals surface area contributed by atoms with Crippen LogP contribution < -0.4 is 10.1 Å². The van der Waals surface area contributed by atoms with Crippen LogP contribution >= 0.6 is 11.8 Å². The molecule has 3 rings (SSSR count). The lowest BCUT2D eigenvalue weighted by atomic mass is 10.2. The molecule has 3 aromatic rings. The number of nitro benzene ring substituents is 1. The van der Waals surface area contributed by atoms with E-state index in [0.717, 1.165) is 17.3 Å². The smallest absolute Gasteiger partial charge is 0.311 e. The highest BCUT2D eigenvalue weighted by Crippen LogP contribution is 2.30. The molecular formula is C16H13N5O5S. The molecule has 2 aromatic heterocycles. The van der Waals surface area contributed by atoms with Crippen molar-refractivity contribution >= 4 is 29.0 Å². The van der Waals surface area contributed by atoms with E-state index in [2.05, 4.69) is 20.5 Å². The van der Waals surface area contributed by atoms with Gasteiger partial charge in [-0.1, -0.05) is 11.8 Å². The summed E-state index contributed by atoms with van der Waals surface area (Å²) in [5, 5.41) is 21.6. The molecule has 0 fully saturated rings. The fourth-order valence-corrected chi connectivity index (χ4v) is 2.67. The van der Waals surface area contributed by atoms with Crippen LogP contribution in [0.25, 0.3) is 11.5 Å². The highest BCUT2D eigenvalue weighted by Gasteiger charge is 2.16. The number of carbonyl (C=O) groups excluding carboxylic acids is 1. The van der Waals surface area contributed by atoms with Crippen molar-refractivity contribution in [3.63, 3.8) is 0 Å². The summed E-state index contributed by atoms with van der Waals surface area (Å²) in [7, 11) is 1.32. The van der Waals surface area contributed by atoms with Crippen molar-refractivity contribution in [3.05, 3.63) is 52.8 Å². The largest absolute Gasteiger partial charge is 0.490 e. The molecule has 0 atom stereocenters. The number of hydrogen-bond donors (Lipinski definition) is 1. The molecule has 1 amide bonds. The third-order valence-electron chi connectivity index (χ3n) is 3.32. The third-order valence-corrected chi connectivity index (χ3v) is 4.14. The normalized spacial score (nSPS) is 10.4. The Bertz CT molecular complexity index is 963. The first kappa shape index (κ1) is 18.3. The van der Waals surface area contributed by atoms with Crippen LogP contribution in [0.3, 0.4) is 0 Å². The number of thioether (sulfide) groups is 1. The lowest BCUT2D eigenvalue weighted by Crippen LogP contribution is -2.14. The Morgan fingerprint density at radius 1 is 1.30 bits per heavy atom. The zero-order chi connectivity index (χ0) is 19.2. The van der Waals surface area contributed by atoms with E-state index in [4.69, 9.17) is 9.15 Å². The number of pyridine rings is 1. The van der Waals surface area contributed by atoms with Crippen LogP contribution in [0.2, 0.25) is 0 Å². The summed E-state index contributed by atoms with van der Waals surface area (Å²) in [6.45, 7) is 0. The Hall–Kier alpha value is -3.47. The zero-order valence-corrected chi connectivity index (χ0v) is 14.8. The topological polar surface area (TPSA) is 133 Å². The van der Waals surface area contributed by atoms with Gasteiger partial charge in [0, 0.05) is 35.8 Å². The number of hydrogen-bond acceptors (Lipinski definition) is 9. The number of nitrogens with zero attached hydrogens (tertiary/aromatic N) is 4. The van der Waals surface area contributed by atoms with Gasteiger partial charge in [0.1, 0.15) is 0 Å². The van der Waals surface area contributed by atoms with Gasteiger partial charge in [0.05, 0.1) is 17.8 Å². The lowest BCUT2D eigenvalue weighted by Gasteiger charge is -2.06. The van der Waals surface area contributed by atoms with Gasteiger partial charge in [0.25, 0.3) is 5.22 Å². The summed E-state index contributed by atoms with van der Waals surface area (Å²) in [4.78, 5) is 26.3. The molecule has 27 heavy (non-hydrogen) atoms. The fraction of sp³-hybridized carbons (Fsp3) is 0.125. The molecule has 10 nitrogen and oxygen atoms in total. The Balaban J connectivity index is 1.59. The van der Waals surface area contributed by atoms with Crippen molar-refractivity contribution in [1.29, 1.82) is 0 Å². The molecule has 0 bridgehead atoms. The maximum Gasteiger partial charge on any atom is 0.311 e. The number of nitrogens with one attached hydrogen (secondary N) is 1. The van der Waals surface area contributed by atoms with E-state index in [1.807, 2.05) is 0 Å². The van der Waals surface area contributed by atoms with Gasteiger partial charge in [-0.15, -0.1) is 10.2 Å². The van der Waals surface area contributed by atoms with Crippen LogP contribution in [0.1, 0.15) is 0 Å². The van der Waals surface area contributed by atoms with Crippen molar-refractivity contribution < 1.29 is 18.9 Å². The van der Waals surface area contributed by atoms with E-state index in [0.29, 0.717) is 11.6 Å². The van der Waals surface area contributed by atoms with Gasteiger partial charge in [0.15, 0.2) is 5.75 Å². The van der Waals surface area contributed by atoms with Crippen LogP contribution in [0, 0.1) is 10.1 Å². The second-order valence-corrected chi connectivity index (χ2v) is 6.02. The number of anilines is 1. The second kappa shape index (κ2) is 8.27. The molecule has 0 aliphatic rings. The molecule has 138 valence electrons. The van der Waals surface area contributed by atoms with Crippen molar-refractivity contribution in [1.82, 2.24) is 15.2 Å². The predicted octanol–water partition coefficient (Wildman–Crippen LogP) is 2.78. The van der Waals surface area contributed by atoms with Gasteiger partial charge in [-0.3, -0.25) is 19.9 Å². The van der Waals surface area contributed by atoms with Gasteiger partial charge in [0.2, 0.25) is 11.8 Å². The van der Waals surface area contributed by atoms with Gasteiger partial charge in [-0.25, -0.2) is 0 Å². The molecule has 0 saturated carbocycles. The van der Waals surface area contributed by atoms with Crippen LogP contribution in [0.5, 0.6) is 5.75 Å². The molecule has 0 radical (unpaired) electrons. The number of methoxy groups -OCH3 is 1. The van der Waals surface area contributed by atoms with E-state index in [1.165, 1.54) is 25.3 Å². The molecule has 0 aliphatic carbocycles. The number of benzene rings is 1. The molecule has 0 saturated heterocycles. The van der Waals surface area contributed by atoms with Gasteiger partial charge in [-0.05, 0) is 18.2 Å². The summed E-state index contributed by atoms with van der Waals surface area (Å²) in [5.74, 6) is 0.0846. The Morgan fingerprint density at radius 2 is 2.07 bits per heavy atom. The minimum atomic E-state index is -0.559. The first-order valence-corrected chi connectivity index (χ1v) is 8.54. The monoisotopic (exact) mass is 387 g/mol. The summed E-state index contributed by atoms with van der Waals surface area (Å²) >= 11 is 1.07. The van der Waals surface area contributed by atoms with E-state index >= 15 is 0 Å². The van der Waals surface area contributed by atoms with E-state index in [9.17, 15) is 14.9 Å². The molecular weight excluding hydrogens is 374 g/mol. The Labute approximate surface area is 157 Å². The maximum atomic E-state index is 12.1. The van der Waals surface area contributed by atoms with Crippen LogP contribution in [-0.2, 0) is 4.79 Å². The van der Waals surface area contributed by atoms with Crippen LogP contribution in [0.4, 0.5) is 11.4 Å². The number of aromatic nitrogens is 3. The highest BCUT2D eigenvalue weighted by molar-refractivity contribution is 7.99. The molecule has 11 heteroatoms. The first-order valence-electron chi connectivity index (χ1n) is 7.56. The molecule has 1 N–H and O–H groups in total. The highest BCUT2D eigenvalue weighted by atomic mass is 32.2. The summed E-state index contributed by atoms with van der Waals surface area (Å²) in [5.41, 5.74) is 0.928. The zero-order valence-electron chi connectivity index (χ0n) is 14.0. The van der Waals surface area contributed by atoms with Gasteiger partial charge in [-0.2, -0.15) is 0 Å². The summed E-state index contributed by atoms with van der Waals surface area (Å²) in [6.07, 6.45) is 3.22. The quantitative estimate of drug-likeness (QED) is 0.369. The SMILES string of the molecule is COc1cc(NC(=O)CSc2nnc(-c3ccncc3)o2)ccc1[N+](=O)[O-]. The van der Waals surface area contributed by atoms with Crippen LogP contribution in [0.15, 0.2) is 52.4 Å². The van der Waals surface area contributed by atoms with Crippen LogP contribution in [-0.4, -0.2) is 38.9 Å². The second-order valence-electron chi connectivity index (χ2n) is 5.09. The van der Waals surface area contributed by atoms with Gasteiger partial charge < -0.3 is 14.5 Å². The maximum absolute atomic E-state index is 12.1. The molecule has 0 aliphatic heterocycles. The number of carbonyl (C=O) groups is 1. The molecule has 0 spiro atoms. The minimum absolute atomic E-state index is 0.0251. The molecule has 0 unspecified atom stereocenters. The standard InChI is InChI=1S/C16H13N5O5S/c1-25-13-8-11(2-3-12(13)21(23)24)18-14(22)9-27-16-20-19-15(26-16)10-4-6-17-7-5-10/h2-8H,9H2,1H3,(H,18,22). The van der Waals surface area contributed by atoms with E-state index < -0.39 is 4.92 Å². The summed E-state index contributed by atoms with van der Waals surface area (Å²) < 4.78 is 10.5. The minimum Gasteiger partial charge on any atom is -0.490 e. The Morgan fingerprint density at radius 3 is 2.78 bits per heavy atom. The van der Waals surface area contributed by atoms with Crippen molar-refractivity contribution in [2.24, 2.45) is 0 Å². The van der Waals surface area contributed by atoms with E-state index in [-0.39, 0.29) is 28.3 Å². The number of amides is 1. The van der Waals surface area contributed by atoms with Gasteiger partial charge >= 0.3 is 5.69 Å². The van der Waals surface area contributed by atoms with Crippen molar-refractivity contribution in [2.45, 2.75) is 5.22 Å². The predicted molar refractivity (Wildman–Crippen MR) is 96.5 cm³/mol. The third kappa shape index (κ3) is 4.58. The fourth-order valence-electron chi connectivity index (χ4n) is 2.11. The molecule has 1 aromatic carbocycles. The van der Waals surface area contributed by atoms with Crippen molar-refractivity contribution in [3.8, 4) is 17.2 Å². The number of rotatable bonds is 7. The first-order chi connectivity index (χ1) is 13.1. The number of ether oxygens (including phenoxy) is 1. The van der Waals surface area contributed by atoms with E-state index in [1.54, 1.807) is 24.5 Å². The number of nitro groups is 1. The van der Waals surface area contributed by atoms with Crippen molar-refractivity contribution in [2.75, 3.05) is 18.2 Å². The average molecular weight is 387 g/mol. The molecule has 2 heterocycles. The summed E-state index contributed by atoms with van der Waals surface area (Å²) in [6, 6.07) is 7.54. The average Bonchev–Trinajstić information content (AvgIpc) is 3.16. The lowest BCUT2D eigenvalue weighted by molar-refractivity contribution is -0.385. The Kier molecular flexibility index (Phi) is 5.61.